The maximum Gasteiger partial charge on any atom is 0.280 e. The summed E-state index contributed by atoms with van der Waals surface area (Å²) in [6.45, 7) is 5.65. The number of aromatic nitrogens is 2. The van der Waals surface area contributed by atoms with Gasteiger partial charge in [0.1, 0.15) is 0 Å². The highest BCUT2D eigenvalue weighted by atomic mass is 16.3. The first-order valence-corrected chi connectivity index (χ1v) is 4.58. The highest BCUT2D eigenvalue weighted by molar-refractivity contribution is 5.70. The Hall–Kier alpha value is -1.58. The van der Waals surface area contributed by atoms with E-state index in [4.69, 9.17) is 4.42 Å². The maximum atomic E-state index is 11.8. The summed E-state index contributed by atoms with van der Waals surface area (Å²) >= 11 is 0. The molecule has 0 N–H and O–H groups in total. The molecule has 0 spiro atoms. The second kappa shape index (κ2) is 2.97. The molecule has 0 amide bonds. The summed E-state index contributed by atoms with van der Waals surface area (Å²) in [6, 6.07) is 1.92. The maximum absolute atomic E-state index is 11.8. The molecule has 0 saturated heterocycles. The van der Waals surface area contributed by atoms with Crippen LogP contribution in [0.15, 0.2) is 21.5 Å². The second-order valence-corrected chi connectivity index (χ2v) is 3.57. The van der Waals surface area contributed by atoms with Crippen LogP contribution >= 0.6 is 0 Å². The zero-order valence-corrected chi connectivity index (χ0v) is 8.44. The van der Waals surface area contributed by atoms with Crippen molar-refractivity contribution in [1.82, 2.24) is 9.55 Å². The van der Waals surface area contributed by atoms with Crippen LogP contribution in [0.1, 0.15) is 25.8 Å². The summed E-state index contributed by atoms with van der Waals surface area (Å²) in [5.74, 6) is 0.526. The third-order valence-corrected chi connectivity index (χ3v) is 2.14. The Kier molecular flexibility index (Phi) is 1.91. The van der Waals surface area contributed by atoms with E-state index in [0.29, 0.717) is 17.0 Å². The average molecular weight is 192 g/mol. The predicted molar refractivity (Wildman–Crippen MR) is 53.4 cm³/mol. The first-order chi connectivity index (χ1) is 6.59. The number of hydrogen-bond acceptors (Lipinski definition) is 3. The van der Waals surface area contributed by atoms with Gasteiger partial charge in [-0.05, 0) is 19.9 Å². The molecule has 0 fully saturated rings. The summed E-state index contributed by atoms with van der Waals surface area (Å²) < 4.78 is 6.90. The number of hydrogen-bond donors (Lipinski definition) is 0. The van der Waals surface area contributed by atoms with E-state index in [9.17, 15) is 4.79 Å². The SMILES string of the molecule is Cc1nc2c(=O)n(C(C)C)ccc2o1. The molecule has 0 radical (unpaired) electrons. The molecule has 0 aliphatic rings. The van der Waals surface area contributed by atoms with Gasteiger partial charge in [0.15, 0.2) is 17.0 Å². The third kappa shape index (κ3) is 1.23. The van der Waals surface area contributed by atoms with Crippen LogP contribution in [0.4, 0.5) is 0 Å². The molecule has 0 aliphatic carbocycles. The first-order valence-electron chi connectivity index (χ1n) is 4.58. The minimum atomic E-state index is -0.0886. The Labute approximate surface area is 81.2 Å². The van der Waals surface area contributed by atoms with E-state index in [1.54, 1.807) is 23.8 Å². The molecule has 2 heterocycles. The van der Waals surface area contributed by atoms with Gasteiger partial charge in [0.2, 0.25) is 0 Å². The normalized spacial score (nSPS) is 11.4. The topological polar surface area (TPSA) is 48.0 Å². The van der Waals surface area contributed by atoms with Crippen LogP contribution in [0, 0.1) is 6.92 Å². The third-order valence-electron chi connectivity index (χ3n) is 2.14. The minimum absolute atomic E-state index is 0.0886. The van der Waals surface area contributed by atoms with Crippen LogP contribution in [0.2, 0.25) is 0 Å². The number of aryl methyl sites for hydroxylation is 1. The molecule has 2 aromatic rings. The smallest absolute Gasteiger partial charge is 0.280 e. The number of nitrogens with zero attached hydrogens (tertiary/aromatic N) is 2. The molecular weight excluding hydrogens is 180 g/mol. The quantitative estimate of drug-likeness (QED) is 0.693. The van der Waals surface area contributed by atoms with E-state index in [-0.39, 0.29) is 11.6 Å². The van der Waals surface area contributed by atoms with Crippen LogP contribution in [0.25, 0.3) is 11.1 Å². The Morgan fingerprint density at radius 1 is 1.50 bits per heavy atom. The largest absolute Gasteiger partial charge is 0.441 e. The van der Waals surface area contributed by atoms with Crippen molar-refractivity contribution in [3.8, 4) is 0 Å². The van der Waals surface area contributed by atoms with Crippen LogP contribution < -0.4 is 5.56 Å². The molecule has 4 nitrogen and oxygen atoms in total. The van der Waals surface area contributed by atoms with Gasteiger partial charge in [-0.15, -0.1) is 0 Å². The Bertz CT molecular complexity index is 522. The fourth-order valence-corrected chi connectivity index (χ4v) is 1.45. The lowest BCUT2D eigenvalue weighted by Gasteiger charge is -2.07. The van der Waals surface area contributed by atoms with Crippen molar-refractivity contribution in [1.29, 1.82) is 0 Å². The molecule has 0 unspecified atom stereocenters. The summed E-state index contributed by atoms with van der Waals surface area (Å²) in [5, 5.41) is 0. The highest BCUT2D eigenvalue weighted by Gasteiger charge is 2.09. The van der Waals surface area contributed by atoms with E-state index in [1.807, 2.05) is 13.8 Å². The minimum Gasteiger partial charge on any atom is -0.441 e. The van der Waals surface area contributed by atoms with Gasteiger partial charge in [-0.3, -0.25) is 4.79 Å². The lowest BCUT2D eigenvalue weighted by Crippen LogP contribution is -2.21. The zero-order chi connectivity index (χ0) is 10.3. The molecule has 0 saturated carbocycles. The number of oxazole rings is 1. The standard InChI is InChI=1S/C10H12N2O2/c1-6(2)12-5-4-8-9(10(12)13)11-7(3)14-8/h4-6H,1-3H3. The molecule has 2 aromatic heterocycles. The summed E-state index contributed by atoms with van der Waals surface area (Å²) in [5.41, 5.74) is 0.887. The second-order valence-electron chi connectivity index (χ2n) is 3.57. The lowest BCUT2D eigenvalue weighted by atomic mass is 10.3. The van der Waals surface area contributed by atoms with E-state index in [0.717, 1.165) is 0 Å². The van der Waals surface area contributed by atoms with Crippen molar-refractivity contribution >= 4 is 11.1 Å². The molecule has 0 aliphatic heterocycles. The molecule has 4 heteroatoms. The van der Waals surface area contributed by atoms with E-state index in [2.05, 4.69) is 4.98 Å². The van der Waals surface area contributed by atoms with Gasteiger partial charge in [-0.2, -0.15) is 0 Å². The number of fused-ring (bicyclic) bond motifs is 1. The van der Waals surface area contributed by atoms with Crippen LogP contribution in [0.3, 0.4) is 0 Å². The van der Waals surface area contributed by atoms with Crippen molar-refractivity contribution in [3.63, 3.8) is 0 Å². The molecule has 0 atom stereocenters. The summed E-state index contributed by atoms with van der Waals surface area (Å²) in [6.07, 6.45) is 1.74. The van der Waals surface area contributed by atoms with Crippen molar-refractivity contribution < 1.29 is 4.42 Å². The number of pyridine rings is 1. The van der Waals surface area contributed by atoms with E-state index in [1.165, 1.54) is 0 Å². The van der Waals surface area contributed by atoms with E-state index < -0.39 is 0 Å². The van der Waals surface area contributed by atoms with Gasteiger partial charge < -0.3 is 8.98 Å². The fourth-order valence-electron chi connectivity index (χ4n) is 1.45. The Morgan fingerprint density at radius 2 is 2.21 bits per heavy atom. The van der Waals surface area contributed by atoms with Crippen molar-refractivity contribution in [2.45, 2.75) is 26.8 Å². The average Bonchev–Trinajstić information content (AvgIpc) is 2.46. The summed E-state index contributed by atoms with van der Waals surface area (Å²) in [7, 11) is 0. The van der Waals surface area contributed by atoms with Crippen molar-refractivity contribution in [3.05, 3.63) is 28.5 Å². The summed E-state index contributed by atoms with van der Waals surface area (Å²) in [4.78, 5) is 15.9. The van der Waals surface area contributed by atoms with Gasteiger partial charge in [0.25, 0.3) is 5.56 Å². The lowest BCUT2D eigenvalue weighted by molar-refractivity contribution is 0.557. The van der Waals surface area contributed by atoms with Crippen LogP contribution in [0.5, 0.6) is 0 Å². The molecule has 0 bridgehead atoms. The van der Waals surface area contributed by atoms with Crippen LogP contribution in [-0.2, 0) is 0 Å². The van der Waals surface area contributed by atoms with Crippen molar-refractivity contribution in [2.75, 3.05) is 0 Å². The van der Waals surface area contributed by atoms with Gasteiger partial charge in [-0.1, -0.05) is 0 Å². The van der Waals surface area contributed by atoms with Crippen LogP contribution in [-0.4, -0.2) is 9.55 Å². The molecule has 14 heavy (non-hydrogen) atoms. The Morgan fingerprint density at radius 3 is 2.86 bits per heavy atom. The molecule has 2 rings (SSSR count). The highest BCUT2D eigenvalue weighted by Crippen LogP contribution is 2.11. The predicted octanol–water partition coefficient (Wildman–Crippen LogP) is 1.88. The van der Waals surface area contributed by atoms with Gasteiger partial charge in [0, 0.05) is 19.2 Å². The van der Waals surface area contributed by atoms with Gasteiger partial charge >= 0.3 is 0 Å². The van der Waals surface area contributed by atoms with Gasteiger partial charge in [0.05, 0.1) is 0 Å². The zero-order valence-electron chi connectivity index (χ0n) is 8.44. The molecule has 0 aromatic carbocycles. The fraction of sp³-hybridized carbons (Fsp3) is 0.400. The Balaban J connectivity index is 2.81. The van der Waals surface area contributed by atoms with E-state index >= 15 is 0 Å². The molecular formula is C10H12N2O2. The monoisotopic (exact) mass is 192 g/mol. The van der Waals surface area contributed by atoms with Gasteiger partial charge in [-0.25, -0.2) is 4.98 Å². The number of rotatable bonds is 1. The van der Waals surface area contributed by atoms with Crippen molar-refractivity contribution in [2.24, 2.45) is 0 Å². The molecule has 74 valence electrons. The first kappa shape index (κ1) is 8.99.